The number of nitrogens with zero attached hydrogens (tertiary/aromatic N) is 3. The first-order valence-electron chi connectivity index (χ1n) is 5.20. The van der Waals surface area contributed by atoms with Crippen LogP contribution in [0.2, 0.25) is 0 Å². The summed E-state index contributed by atoms with van der Waals surface area (Å²) in [4.78, 5) is 13.5. The fourth-order valence-corrected chi connectivity index (χ4v) is 3.28. The Morgan fingerprint density at radius 2 is 2.27 bits per heavy atom. The summed E-state index contributed by atoms with van der Waals surface area (Å²) in [7, 11) is 1.87. The van der Waals surface area contributed by atoms with Gasteiger partial charge in [0.15, 0.2) is 0 Å². The third kappa shape index (κ3) is 1.29. The van der Waals surface area contributed by atoms with Gasteiger partial charge in [0, 0.05) is 37.1 Å². The Hall–Kier alpha value is -0.970. The second-order valence-electron chi connectivity index (χ2n) is 4.02. The molecule has 2 aliphatic rings. The molecule has 3 heterocycles. The van der Waals surface area contributed by atoms with Crippen LogP contribution >= 0.6 is 11.8 Å². The van der Waals surface area contributed by atoms with Crippen molar-refractivity contribution in [3.8, 4) is 0 Å². The van der Waals surface area contributed by atoms with Gasteiger partial charge in [-0.15, -0.1) is 0 Å². The smallest absolute Gasteiger partial charge is 0.227 e. The molecule has 5 heteroatoms. The standard InChI is InChI=1S/C10H13N3OS/c1-12-9(14)3-2-4-13-10(12)7-5-15-6-8(7)11-13/h2-6H2,1H3. The number of fused-ring (bicyclic) bond motifs is 3. The molecular formula is C10H13N3OS. The molecule has 0 saturated carbocycles. The lowest BCUT2D eigenvalue weighted by Gasteiger charge is -2.16. The fourth-order valence-electron chi connectivity index (χ4n) is 2.25. The van der Waals surface area contributed by atoms with Crippen molar-refractivity contribution >= 4 is 23.5 Å². The number of hydrogen-bond acceptors (Lipinski definition) is 3. The lowest BCUT2D eigenvalue weighted by Crippen LogP contribution is -2.26. The number of carbonyl (C=O) groups is 1. The minimum absolute atomic E-state index is 0.216. The van der Waals surface area contributed by atoms with E-state index in [4.69, 9.17) is 0 Å². The SMILES string of the molecule is CN1C(=O)CCCn2nc3c(c21)CSC3. The van der Waals surface area contributed by atoms with Crippen molar-refractivity contribution in [3.05, 3.63) is 11.3 Å². The van der Waals surface area contributed by atoms with Crippen molar-refractivity contribution < 1.29 is 4.79 Å². The Labute approximate surface area is 92.6 Å². The summed E-state index contributed by atoms with van der Waals surface area (Å²) in [5.74, 6) is 3.26. The summed E-state index contributed by atoms with van der Waals surface area (Å²) in [6, 6.07) is 0. The first kappa shape index (κ1) is 9.27. The van der Waals surface area contributed by atoms with Crippen LogP contribution in [-0.4, -0.2) is 22.7 Å². The molecule has 0 radical (unpaired) electrons. The van der Waals surface area contributed by atoms with Gasteiger partial charge in [-0.05, 0) is 6.42 Å². The lowest BCUT2D eigenvalue weighted by molar-refractivity contribution is -0.118. The maximum Gasteiger partial charge on any atom is 0.227 e. The average Bonchev–Trinajstić information content (AvgIpc) is 2.72. The molecule has 0 spiro atoms. The Balaban J connectivity index is 2.14. The van der Waals surface area contributed by atoms with Crippen molar-refractivity contribution in [1.29, 1.82) is 0 Å². The first-order valence-corrected chi connectivity index (χ1v) is 6.35. The topological polar surface area (TPSA) is 38.1 Å². The molecule has 1 amide bonds. The molecule has 0 N–H and O–H groups in total. The van der Waals surface area contributed by atoms with Crippen LogP contribution in [0.5, 0.6) is 0 Å². The Morgan fingerprint density at radius 1 is 1.40 bits per heavy atom. The molecule has 0 unspecified atom stereocenters. The molecule has 80 valence electrons. The molecule has 1 aromatic rings. The number of aryl methyl sites for hydroxylation is 1. The van der Waals surface area contributed by atoms with Crippen LogP contribution in [0, 0.1) is 0 Å². The van der Waals surface area contributed by atoms with Crippen molar-refractivity contribution in [3.63, 3.8) is 0 Å². The van der Waals surface area contributed by atoms with E-state index in [1.165, 1.54) is 11.3 Å². The van der Waals surface area contributed by atoms with Crippen molar-refractivity contribution in [2.24, 2.45) is 0 Å². The monoisotopic (exact) mass is 223 g/mol. The van der Waals surface area contributed by atoms with Gasteiger partial charge in [0.2, 0.25) is 5.91 Å². The van der Waals surface area contributed by atoms with E-state index in [9.17, 15) is 4.79 Å². The summed E-state index contributed by atoms with van der Waals surface area (Å²) in [5.41, 5.74) is 2.45. The normalized spacial score (nSPS) is 20.1. The van der Waals surface area contributed by atoms with Crippen LogP contribution in [0.25, 0.3) is 0 Å². The van der Waals surface area contributed by atoms with E-state index >= 15 is 0 Å². The van der Waals surface area contributed by atoms with Crippen LogP contribution < -0.4 is 4.90 Å². The van der Waals surface area contributed by atoms with Crippen LogP contribution in [0.3, 0.4) is 0 Å². The van der Waals surface area contributed by atoms with E-state index in [2.05, 4.69) is 5.10 Å². The zero-order valence-electron chi connectivity index (χ0n) is 8.69. The molecule has 15 heavy (non-hydrogen) atoms. The summed E-state index contributed by atoms with van der Waals surface area (Å²) in [6.07, 6.45) is 1.55. The van der Waals surface area contributed by atoms with Gasteiger partial charge in [0.1, 0.15) is 5.82 Å². The first-order chi connectivity index (χ1) is 7.27. The zero-order chi connectivity index (χ0) is 10.4. The maximum absolute atomic E-state index is 11.8. The highest BCUT2D eigenvalue weighted by atomic mass is 32.2. The number of anilines is 1. The number of rotatable bonds is 0. The third-order valence-corrected chi connectivity index (χ3v) is 4.01. The summed E-state index contributed by atoms with van der Waals surface area (Å²) in [6.45, 7) is 0.878. The third-order valence-electron chi connectivity index (χ3n) is 3.04. The molecule has 0 aliphatic carbocycles. The minimum Gasteiger partial charge on any atom is -0.300 e. The van der Waals surface area contributed by atoms with E-state index < -0.39 is 0 Å². The highest BCUT2D eigenvalue weighted by Crippen LogP contribution is 2.37. The molecule has 2 aliphatic heterocycles. The predicted octanol–water partition coefficient (Wildman–Crippen LogP) is 1.39. The number of hydrogen-bond donors (Lipinski definition) is 0. The molecule has 0 fully saturated rings. The maximum atomic E-state index is 11.8. The van der Waals surface area contributed by atoms with Gasteiger partial charge in [-0.2, -0.15) is 16.9 Å². The van der Waals surface area contributed by atoms with E-state index in [1.54, 1.807) is 4.90 Å². The number of aromatic nitrogens is 2. The largest absolute Gasteiger partial charge is 0.300 e. The summed E-state index contributed by atoms with van der Waals surface area (Å²) >= 11 is 1.88. The number of amides is 1. The van der Waals surface area contributed by atoms with Gasteiger partial charge in [0.05, 0.1) is 5.69 Å². The summed E-state index contributed by atoms with van der Waals surface area (Å²) < 4.78 is 2.01. The number of carbonyl (C=O) groups excluding carboxylic acids is 1. The van der Waals surface area contributed by atoms with Crippen LogP contribution in [-0.2, 0) is 22.8 Å². The van der Waals surface area contributed by atoms with Crippen molar-refractivity contribution in [2.45, 2.75) is 30.9 Å². The molecular weight excluding hydrogens is 210 g/mol. The van der Waals surface area contributed by atoms with Crippen molar-refractivity contribution in [1.82, 2.24) is 9.78 Å². The van der Waals surface area contributed by atoms with Gasteiger partial charge < -0.3 is 0 Å². The van der Waals surface area contributed by atoms with Gasteiger partial charge in [-0.1, -0.05) is 0 Å². The second kappa shape index (κ2) is 3.27. The molecule has 1 aromatic heterocycles. The van der Waals surface area contributed by atoms with Gasteiger partial charge in [-0.3, -0.25) is 9.69 Å². The van der Waals surface area contributed by atoms with Gasteiger partial charge in [0.25, 0.3) is 0 Å². The second-order valence-corrected chi connectivity index (χ2v) is 5.01. The molecule has 0 atom stereocenters. The molecule has 0 saturated heterocycles. The van der Waals surface area contributed by atoms with E-state index in [-0.39, 0.29) is 5.91 Å². The van der Waals surface area contributed by atoms with E-state index in [1.807, 2.05) is 23.5 Å². The minimum atomic E-state index is 0.216. The molecule has 3 rings (SSSR count). The quantitative estimate of drug-likeness (QED) is 0.667. The van der Waals surface area contributed by atoms with Crippen LogP contribution in [0.1, 0.15) is 24.1 Å². The van der Waals surface area contributed by atoms with E-state index in [0.717, 1.165) is 30.3 Å². The molecule has 4 nitrogen and oxygen atoms in total. The Bertz CT molecular complexity index is 427. The van der Waals surface area contributed by atoms with E-state index in [0.29, 0.717) is 6.42 Å². The van der Waals surface area contributed by atoms with Gasteiger partial charge in [-0.25, -0.2) is 4.68 Å². The Morgan fingerprint density at radius 3 is 3.13 bits per heavy atom. The molecule has 0 aromatic carbocycles. The summed E-state index contributed by atoms with van der Waals surface area (Å²) in [5, 5.41) is 4.58. The van der Waals surface area contributed by atoms with Gasteiger partial charge >= 0.3 is 0 Å². The average molecular weight is 223 g/mol. The highest BCUT2D eigenvalue weighted by molar-refractivity contribution is 7.98. The fraction of sp³-hybridized carbons (Fsp3) is 0.600. The zero-order valence-corrected chi connectivity index (χ0v) is 9.51. The number of thioether (sulfide) groups is 1. The van der Waals surface area contributed by atoms with Crippen LogP contribution in [0.15, 0.2) is 0 Å². The molecule has 0 bridgehead atoms. The van der Waals surface area contributed by atoms with Crippen LogP contribution in [0.4, 0.5) is 5.82 Å². The highest BCUT2D eigenvalue weighted by Gasteiger charge is 2.28. The Kier molecular flexibility index (Phi) is 2.02. The predicted molar refractivity (Wildman–Crippen MR) is 59.9 cm³/mol. The van der Waals surface area contributed by atoms with Crippen molar-refractivity contribution in [2.75, 3.05) is 11.9 Å². The lowest BCUT2D eigenvalue weighted by atomic mass is 10.2.